The van der Waals surface area contributed by atoms with Crippen LogP contribution >= 0.6 is 11.3 Å². The van der Waals surface area contributed by atoms with E-state index in [1.54, 1.807) is 5.38 Å². The van der Waals surface area contributed by atoms with Crippen LogP contribution in [0.4, 0.5) is 0 Å². The van der Waals surface area contributed by atoms with Crippen LogP contribution in [0.3, 0.4) is 0 Å². The Kier molecular flexibility index (Phi) is 5.30. The quantitative estimate of drug-likeness (QED) is 0.613. The smallest absolute Gasteiger partial charge is 0.248 e. The first kappa shape index (κ1) is 14.3. The molecule has 2 N–H and O–H groups in total. The maximum absolute atomic E-state index is 11.8. The second-order valence-corrected chi connectivity index (χ2v) is 6.57. The van der Waals surface area contributed by atoms with Gasteiger partial charge in [0.2, 0.25) is 10.0 Å². The van der Waals surface area contributed by atoms with E-state index in [4.69, 9.17) is 5.14 Å². The largest absolute Gasteiger partial charge is 0.294 e. The third kappa shape index (κ3) is 4.22. The van der Waals surface area contributed by atoms with Crippen molar-refractivity contribution in [2.45, 2.75) is 43.2 Å². The summed E-state index contributed by atoms with van der Waals surface area (Å²) in [5.74, 6) is -0.133. The van der Waals surface area contributed by atoms with Crippen molar-refractivity contribution in [1.82, 2.24) is 0 Å². The second-order valence-electron chi connectivity index (χ2n) is 3.90. The Labute approximate surface area is 106 Å². The molecule has 17 heavy (non-hydrogen) atoms. The molecule has 0 unspecified atom stereocenters. The van der Waals surface area contributed by atoms with Crippen LogP contribution < -0.4 is 5.14 Å². The van der Waals surface area contributed by atoms with Crippen molar-refractivity contribution < 1.29 is 13.2 Å². The fourth-order valence-corrected chi connectivity index (χ4v) is 3.40. The average molecular weight is 275 g/mol. The molecular formula is C11H17NO3S2. The Hall–Kier alpha value is -0.720. The number of primary sulfonamides is 1. The minimum atomic E-state index is -3.77. The zero-order valence-electron chi connectivity index (χ0n) is 9.81. The van der Waals surface area contributed by atoms with Crippen LogP contribution in [0.5, 0.6) is 0 Å². The van der Waals surface area contributed by atoms with Gasteiger partial charge in [-0.05, 0) is 17.9 Å². The predicted octanol–water partition coefficient (Wildman–Crippen LogP) is 2.55. The fourth-order valence-electron chi connectivity index (χ4n) is 1.57. The highest BCUT2D eigenvalue weighted by Crippen LogP contribution is 2.23. The lowest BCUT2D eigenvalue weighted by molar-refractivity contribution is 0.0976. The molecule has 0 radical (unpaired) electrons. The molecule has 1 aromatic rings. The standard InChI is InChI=1S/C11H17NO3S2/c1-2-3-4-5-6-10(13)9-7-8-16-11(9)17(12,14)15/h7-8H,2-6H2,1H3,(H2,12,14,15). The van der Waals surface area contributed by atoms with E-state index in [2.05, 4.69) is 6.92 Å². The number of ketones is 1. The number of Topliss-reactive ketones (excluding diaryl/α,β-unsaturated/α-hetero) is 1. The van der Waals surface area contributed by atoms with Crippen LogP contribution in [0.1, 0.15) is 49.4 Å². The number of unbranched alkanes of at least 4 members (excludes halogenated alkanes) is 3. The minimum absolute atomic E-state index is 0.0157. The minimum Gasteiger partial charge on any atom is -0.294 e. The SMILES string of the molecule is CCCCCCC(=O)c1ccsc1S(N)(=O)=O. The summed E-state index contributed by atoms with van der Waals surface area (Å²) in [4.78, 5) is 11.8. The molecule has 1 heterocycles. The predicted molar refractivity (Wildman–Crippen MR) is 68.8 cm³/mol. The Morgan fingerprint density at radius 2 is 2.06 bits per heavy atom. The summed E-state index contributed by atoms with van der Waals surface area (Å²) in [6.07, 6.45) is 4.39. The molecule has 4 nitrogen and oxygen atoms in total. The van der Waals surface area contributed by atoms with Gasteiger partial charge in [0.15, 0.2) is 5.78 Å². The zero-order valence-corrected chi connectivity index (χ0v) is 11.4. The number of carbonyl (C=O) groups excluding carboxylic acids is 1. The van der Waals surface area contributed by atoms with E-state index < -0.39 is 10.0 Å². The third-order valence-electron chi connectivity index (χ3n) is 2.45. The van der Waals surface area contributed by atoms with Gasteiger partial charge in [0.1, 0.15) is 4.21 Å². The molecule has 0 saturated carbocycles. The Balaban J connectivity index is 2.67. The van der Waals surface area contributed by atoms with Crippen molar-refractivity contribution in [3.8, 4) is 0 Å². The number of nitrogens with two attached hydrogens (primary N) is 1. The topological polar surface area (TPSA) is 77.2 Å². The van der Waals surface area contributed by atoms with E-state index in [0.29, 0.717) is 6.42 Å². The first-order chi connectivity index (χ1) is 7.96. The Morgan fingerprint density at radius 1 is 1.35 bits per heavy atom. The summed E-state index contributed by atoms with van der Waals surface area (Å²) in [6.45, 7) is 2.10. The molecule has 96 valence electrons. The molecule has 0 amide bonds. The molecule has 0 aliphatic carbocycles. The van der Waals surface area contributed by atoms with Gasteiger partial charge >= 0.3 is 0 Å². The van der Waals surface area contributed by atoms with Crippen molar-refractivity contribution in [3.63, 3.8) is 0 Å². The van der Waals surface area contributed by atoms with Crippen molar-refractivity contribution in [1.29, 1.82) is 0 Å². The maximum atomic E-state index is 11.8. The van der Waals surface area contributed by atoms with Gasteiger partial charge in [0.05, 0.1) is 0 Å². The zero-order chi connectivity index (χ0) is 12.9. The molecule has 0 spiro atoms. The van der Waals surface area contributed by atoms with Crippen molar-refractivity contribution in [2.75, 3.05) is 0 Å². The van der Waals surface area contributed by atoms with Crippen LogP contribution in [0, 0.1) is 0 Å². The molecule has 0 atom stereocenters. The number of thiophene rings is 1. The summed E-state index contributed by atoms with van der Waals surface area (Å²) in [6, 6.07) is 1.53. The lowest BCUT2D eigenvalue weighted by Crippen LogP contribution is -2.14. The number of hydrogen-bond acceptors (Lipinski definition) is 4. The Bertz CT molecular complexity index is 477. The molecule has 0 fully saturated rings. The molecule has 0 saturated heterocycles. The average Bonchev–Trinajstić information content (AvgIpc) is 2.72. The summed E-state index contributed by atoms with van der Waals surface area (Å²) in [7, 11) is -3.77. The lowest BCUT2D eigenvalue weighted by Gasteiger charge is -2.01. The van der Waals surface area contributed by atoms with Gasteiger partial charge in [-0.15, -0.1) is 11.3 Å². The highest BCUT2D eigenvalue weighted by Gasteiger charge is 2.20. The highest BCUT2D eigenvalue weighted by molar-refractivity contribution is 7.91. The van der Waals surface area contributed by atoms with Crippen molar-refractivity contribution in [2.24, 2.45) is 5.14 Å². The van der Waals surface area contributed by atoms with E-state index in [9.17, 15) is 13.2 Å². The normalized spacial score (nSPS) is 11.6. The molecule has 0 aliphatic rings. The first-order valence-electron chi connectivity index (χ1n) is 5.60. The van der Waals surface area contributed by atoms with Gasteiger partial charge in [-0.2, -0.15) is 0 Å². The van der Waals surface area contributed by atoms with E-state index in [0.717, 1.165) is 37.0 Å². The molecule has 6 heteroatoms. The first-order valence-corrected chi connectivity index (χ1v) is 8.03. The van der Waals surface area contributed by atoms with Crippen LogP contribution in [0.2, 0.25) is 0 Å². The van der Waals surface area contributed by atoms with Crippen molar-refractivity contribution in [3.05, 3.63) is 17.0 Å². The van der Waals surface area contributed by atoms with Crippen LogP contribution in [0.15, 0.2) is 15.7 Å². The molecule has 1 rings (SSSR count). The van der Waals surface area contributed by atoms with Gasteiger partial charge < -0.3 is 0 Å². The molecular weight excluding hydrogens is 258 g/mol. The monoisotopic (exact) mass is 275 g/mol. The van der Waals surface area contributed by atoms with E-state index in [1.165, 1.54) is 6.07 Å². The Morgan fingerprint density at radius 3 is 2.65 bits per heavy atom. The second kappa shape index (κ2) is 6.28. The summed E-state index contributed by atoms with van der Waals surface area (Å²) in [5, 5.41) is 6.63. The van der Waals surface area contributed by atoms with Gasteiger partial charge in [0.25, 0.3) is 0 Å². The summed E-state index contributed by atoms with van der Waals surface area (Å²) in [5.41, 5.74) is 0.244. The van der Waals surface area contributed by atoms with E-state index >= 15 is 0 Å². The van der Waals surface area contributed by atoms with Gasteiger partial charge in [-0.3, -0.25) is 4.79 Å². The maximum Gasteiger partial charge on any atom is 0.248 e. The van der Waals surface area contributed by atoms with Crippen molar-refractivity contribution >= 4 is 27.1 Å². The molecule has 0 aromatic carbocycles. The van der Waals surface area contributed by atoms with Gasteiger partial charge in [-0.1, -0.05) is 26.2 Å². The summed E-state index contributed by atoms with van der Waals surface area (Å²) >= 11 is 0.995. The fraction of sp³-hybridized carbons (Fsp3) is 0.545. The molecule has 0 aliphatic heterocycles. The summed E-state index contributed by atoms with van der Waals surface area (Å²) < 4.78 is 22.4. The van der Waals surface area contributed by atoms with Gasteiger partial charge in [-0.25, -0.2) is 13.6 Å². The lowest BCUT2D eigenvalue weighted by atomic mass is 10.1. The van der Waals surface area contributed by atoms with Crippen LogP contribution in [-0.2, 0) is 10.0 Å². The van der Waals surface area contributed by atoms with Crippen LogP contribution in [0.25, 0.3) is 0 Å². The number of hydrogen-bond donors (Lipinski definition) is 1. The number of carbonyl (C=O) groups is 1. The van der Waals surface area contributed by atoms with Gasteiger partial charge in [0, 0.05) is 12.0 Å². The third-order valence-corrected chi connectivity index (χ3v) is 4.87. The molecule has 1 aromatic heterocycles. The highest BCUT2D eigenvalue weighted by atomic mass is 32.2. The number of rotatable bonds is 7. The van der Waals surface area contributed by atoms with E-state index in [-0.39, 0.29) is 15.6 Å². The van der Waals surface area contributed by atoms with E-state index in [1.807, 2.05) is 0 Å². The number of sulfonamides is 1. The van der Waals surface area contributed by atoms with Crippen LogP contribution in [-0.4, -0.2) is 14.2 Å². The molecule has 0 bridgehead atoms.